The molecule has 6 nitrogen and oxygen atoms in total. The number of benzene rings is 2. The first-order chi connectivity index (χ1) is 15.1. The van der Waals surface area contributed by atoms with E-state index in [1.54, 1.807) is 6.08 Å². The van der Waals surface area contributed by atoms with E-state index in [0.717, 1.165) is 29.8 Å². The number of hydrogen-bond acceptors (Lipinski definition) is 5. The van der Waals surface area contributed by atoms with Gasteiger partial charge in [-0.05, 0) is 48.7 Å². The number of nitrogens with one attached hydrogen (secondary N) is 1. The molecule has 0 aliphatic rings. The number of aromatic nitrogens is 3. The standard InChI is InChI=1S/C24H28N4O2S/c1-4-7-19-10-12-20(13-11-19)25-23(29)17-31-24-27-26-22(28(24)14-5-2)16-30-21-9-6-8-18(3)15-21/h5-6,8-13,15H,2,4,7,14,16-17H2,1,3H3,(H,25,29). The zero-order chi connectivity index (χ0) is 22.1. The lowest BCUT2D eigenvalue weighted by Gasteiger charge is -2.10. The number of rotatable bonds is 11. The molecule has 31 heavy (non-hydrogen) atoms. The van der Waals surface area contributed by atoms with Crippen LogP contribution in [0.4, 0.5) is 5.69 Å². The van der Waals surface area contributed by atoms with Crippen molar-refractivity contribution < 1.29 is 9.53 Å². The van der Waals surface area contributed by atoms with Crippen LogP contribution in [0.3, 0.4) is 0 Å². The Kier molecular flexibility index (Phi) is 8.29. The third-order valence-corrected chi connectivity index (χ3v) is 5.54. The first kappa shape index (κ1) is 22.6. The second kappa shape index (κ2) is 11.4. The van der Waals surface area contributed by atoms with Crippen molar-refractivity contribution in [2.75, 3.05) is 11.1 Å². The number of hydrogen-bond donors (Lipinski definition) is 1. The second-order valence-corrected chi connectivity index (χ2v) is 8.13. The summed E-state index contributed by atoms with van der Waals surface area (Å²) >= 11 is 1.34. The first-order valence-electron chi connectivity index (χ1n) is 10.3. The van der Waals surface area contributed by atoms with Gasteiger partial charge in [-0.3, -0.25) is 9.36 Å². The summed E-state index contributed by atoms with van der Waals surface area (Å²) in [6, 6.07) is 15.8. The molecule has 162 valence electrons. The van der Waals surface area contributed by atoms with Gasteiger partial charge < -0.3 is 10.1 Å². The third-order valence-electron chi connectivity index (χ3n) is 4.57. The number of amides is 1. The van der Waals surface area contributed by atoms with Crippen molar-refractivity contribution in [3.8, 4) is 5.75 Å². The Balaban J connectivity index is 1.57. The number of nitrogens with zero attached hydrogens (tertiary/aromatic N) is 3. The minimum atomic E-state index is -0.0843. The summed E-state index contributed by atoms with van der Waals surface area (Å²) in [5, 5.41) is 12.1. The summed E-state index contributed by atoms with van der Waals surface area (Å²) in [4.78, 5) is 12.4. The SMILES string of the molecule is C=CCn1c(COc2cccc(C)c2)nnc1SCC(=O)Nc1ccc(CCC)cc1. The highest BCUT2D eigenvalue weighted by Gasteiger charge is 2.14. The van der Waals surface area contributed by atoms with Gasteiger partial charge >= 0.3 is 0 Å². The third kappa shape index (κ3) is 6.72. The van der Waals surface area contributed by atoms with Gasteiger partial charge in [0.1, 0.15) is 12.4 Å². The van der Waals surface area contributed by atoms with Gasteiger partial charge in [-0.1, -0.05) is 55.4 Å². The number of anilines is 1. The van der Waals surface area contributed by atoms with Crippen LogP contribution in [0, 0.1) is 6.92 Å². The van der Waals surface area contributed by atoms with Gasteiger partial charge in [-0.25, -0.2) is 0 Å². The molecule has 7 heteroatoms. The van der Waals surface area contributed by atoms with E-state index in [9.17, 15) is 4.79 Å². The molecule has 3 rings (SSSR count). The molecule has 2 aromatic carbocycles. The number of carbonyl (C=O) groups excluding carboxylic acids is 1. The minimum absolute atomic E-state index is 0.0843. The van der Waals surface area contributed by atoms with Crippen LogP contribution >= 0.6 is 11.8 Å². The van der Waals surface area contributed by atoms with E-state index in [-0.39, 0.29) is 11.7 Å². The van der Waals surface area contributed by atoms with Crippen molar-refractivity contribution in [2.24, 2.45) is 0 Å². The molecule has 0 saturated carbocycles. The summed E-state index contributed by atoms with van der Waals surface area (Å²) < 4.78 is 7.78. The zero-order valence-corrected chi connectivity index (χ0v) is 18.8. The Morgan fingerprint density at radius 2 is 2.03 bits per heavy atom. The van der Waals surface area contributed by atoms with Crippen LogP contribution in [0.25, 0.3) is 0 Å². The van der Waals surface area contributed by atoms with Crippen molar-refractivity contribution in [1.29, 1.82) is 0 Å². The van der Waals surface area contributed by atoms with Gasteiger partial charge in [0.05, 0.1) is 5.75 Å². The van der Waals surface area contributed by atoms with Gasteiger partial charge in [-0.15, -0.1) is 16.8 Å². The lowest BCUT2D eigenvalue weighted by molar-refractivity contribution is -0.113. The maximum absolute atomic E-state index is 12.4. The van der Waals surface area contributed by atoms with Crippen LogP contribution in [-0.2, 0) is 24.4 Å². The number of carbonyl (C=O) groups is 1. The van der Waals surface area contributed by atoms with Crippen molar-refractivity contribution in [2.45, 2.75) is 45.0 Å². The molecular weight excluding hydrogens is 408 g/mol. The number of ether oxygens (including phenoxy) is 1. The summed E-state index contributed by atoms with van der Waals surface area (Å²) in [6.07, 6.45) is 3.92. The second-order valence-electron chi connectivity index (χ2n) is 7.19. The molecule has 0 radical (unpaired) electrons. The fourth-order valence-corrected chi connectivity index (χ4v) is 3.84. The number of thioether (sulfide) groups is 1. The highest BCUT2D eigenvalue weighted by Crippen LogP contribution is 2.20. The van der Waals surface area contributed by atoms with Crippen LogP contribution in [-0.4, -0.2) is 26.4 Å². The lowest BCUT2D eigenvalue weighted by atomic mass is 10.1. The van der Waals surface area contributed by atoms with E-state index in [1.165, 1.54) is 17.3 Å². The van der Waals surface area contributed by atoms with E-state index in [4.69, 9.17) is 4.74 Å². The molecule has 0 unspecified atom stereocenters. The number of aryl methyl sites for hydroxylation is 2. The summed E-state index contributed by atoms with van der Waals surface area (Å²) in [6.45, 7) is 8.82. The average Bonchev–Trinajstić information content (AvgIpc) is 3.14. The molecule has 1 heterocycles. The van der Waals surface area contributed by atoms with E-state index < -0.39 is 0 Å². The highest BCUT2D eigenvalue weighted by atomic mass is 32.2. The molecule has 0 fully saturated rings. The average molecular weight is 437 g/mol. The summed E-state index contributed by atoms with van der Waals surface area (Å²) in [7, 11) is 0. The molecule has 1 amide bonds. The predicted molar refractivity (Wildman–Crippen MR) is 126 cm³/mol. The predicted octanol–water partition coefficient (Wildman–Crippen LogP) is 5.03. The Bertz CT molecular complexity index is 1010. The van der Waals surface area contributed by atoms with Crippen molar-refractivity contribution in [3.63, 3.8) is 0 Å². The Labute approximate surface area is 187 Å². The topological polar surface area (TPSA) is 69.0 Å². The van der Waals surface area contributed by atoms with Gasteiger partial charge in [0.2, 0.25) is 5.91 Å². The van der Waals surface area contributed by atoms with Gasteiger partial charge in [0, 0.05) is 12.2 Å². The molecule has 1 aromatic heterocycles. The Morgan fingerprint density at radius 1 is 1.23 bits per heavy atom. The van der Waals surface area contributed by atoms with Crippen LogP contribution in [0.5, 0.6) is 5.75 Å². The Morgan fingerprint density at radius 3 is 2.74 bits per heavy atom. The quantitative estimate of drug-likeness (QED) is 0.337. The van der Waals surface area contributed by atoms with Crippen molar-refractivity contribution in [1.82, 2.24) is 14.8 Å². The summed E-state index contributed by atoms with van der Waals surface area (Å²) in [5.74, 6) is 1.63. The molecule has 0 saturated heterocycles. The van der Waals surface area contributed by atoms with Gasteiger partial charge in [0.15, 0.2) is 11.0 Å². The minimum Gasteiger partial charge on any atom is -0.486 e. The van der Waals surface area contributed by atoms with E-state index in [1.807, 2.05) is 60.0 Å². The van der Waals surface area contributed by atoms with Crippen LogP contribution in [0.15, 0.2) is 66.3 Å². The Hall–Kier alpha value is -3.06. The zero-order valence-electron chi connectivity index (χ0n) is 18.0. The smallest absolute Gasteiger partial charge is 0.234 e. The van der Waals surface area contributed by atoms with E-state index in [0.29, 0.717) is 24.1 Å². The molecule has 0 atom stereocenters. The van der Waals surface area contributed by atoms with E-state index in [2.05, 4.69) is 29.0 Å². The highest BCUT2D eigenvalue weighted by molar-refractivity contribution is 7.99. The monoisotopic (exact) mass is 436 g/mol. The van der Waals surface area contributed by atoms with Crippen molar-refractivity contribution >= 4 is 23.4 Å². The normalized spacial score (nSPS) is 10.6. The fourth-order valence-electron chi connectivity index (χ4n) is 3.07. The molecule has 0 bridgehead atoms. The molecule has 0 aliphatic heterocycles. The fraction of sp³-hybridized carbons (Fsp3) is 0.292. The van der Waals surface area contributed by atoms with Crippen LogP contribution in [0.2, 0.25) is 0 Å². The lowest BCUT2D eigenvalue weighted by Crippen LogP contribution is -2.15. The molecule has 1 N–H and O–H groups in total. The molecule has 0 spiro atoms. The first-order valence-corrected chi connectivity index (χ1v) is 11.3. The molecule has 0 aliphatic carbocycles. The van der Waals surface area contributed by atoms with Crippen LogP contribution < -0.4 is 10.1 Å². The van der Waals surface area contributed by atoms with Crippen molar-refractivity contribution in [3.05, 3.63) is 78.1 Å². The van der Waals surface area contributed by atoms with E-state index >= 15 is 0 Å². The molecular formula is C24H28N4O2S. The number of allylic oxidation sites excluding steroid dienone is 1. The van der Waals surface area contributed by atoms with Crippen LogP contribution in [0.1, 0.15) is 30.3 Å². The maximum atomic E-state index is 12.4. The maximum Gasteiger partial charge on any atom is 0.234 e. The van der Waals surface area contributed by atoms with Gasteiger partial charge in [0.25, 0.3) is 0 Å². The summed E-state index contributed by atoms with van der Waals surface area (Å²) in [5.41, 5.74) is 3.20. The largest absolute Gasteiger partial charge is 0.486 e. The molecule has 3 aromatic rings. The van der Waals surface area contributed by atoms with Gasteiger partial charge in [-0.2, -0.15) is 0 Å².